The molecule has 0 saturated heterocycles. The quantitative estimate of drug-likeness (QED) is 0.208. The smallest absolute Gasteiger partial charge is 0.221 e. The molecule has 4 N–H and O–H groups in total. The molecule has 2 heterocycles. The van der Waals surface area contributed by atoms with Crippen LogP contribution >= 0.6 is 0 Å². The van der Waals surface area contributed by atoms with Crippen LogP contribution in [0.25, 0.3) is 11.3 Å². The third-order valence-corrected chi connectivity index (χ3v) is 4.45. The zero-order chi connectivity index (χ0) is 23.5. The molecule has 0 unspecified atom stereocenters. The van der Waals surface area contributed by atoms with Gasteiger partial charge < -0.3 is 21.1 Å². The van der Waals surface area contributed by atoms with Crippen molar-refractivity contribution in [2.24, 2.45) is 15.9 Å². The van der Waals surface area contributed by atoms with Crippen LogP contribution in [0.15, 0.2) is 58.6 Å². The van der Waals surface area contributed by atoms with Gasteiger partial charge in [-0.3, -0.25) is 9.98 Å². The lowest BCUT2D eigenvalue weighted by Crippen LogP contribution is -2.11. The van der Waals surface area contributed by atoms with Crippen LogP contribution in [0.2, 0.25) is 0 Å². The summed E-state index contributed by atoms with van der Waals surface area (Å²) in [5, 5.41) is 12.9. The average Bonchev–Trinajstić information content (AvgIpc) is 2.84. The molecule has 3 rings (SSSR count). The number of methoxy groups -OCH3 is 1. The lowest BCUT2D eigenvalue weighted by atomic mass is 10.1. The van der Waals surface area contributed by atoms with Gasteiger partial charge in [-0.1, -0.05) is 18.2 Å². The highest BCUT2D eigenvalue weighted by molar-refractivity contribution is 6.37. The monoisotopic (exact) mass is 444 g/mol. The van der Waals surface area contributed by atoms with Gasteiger partial charge in [-0.15, -0.1) is 0 Å². The first-order valence-corrected chi connectivity index (χ1v) is 10.1. The molecule has 0 aliphatic heterocycles. The summed E-state index contributed by atoms with van der Waals surface area (Å²) in [6.45, 7) is 1.75. The number of pyridine rings is 1. The maximum absolute atomic E-state index is 9.14. The molecule has 10 heteroatoms. The summed E-state index contributed by atoms with van der Waals surface area (Å²) < 4.78 is 10.5. The van der Waals surface area contributed by atoms with Crippen molar-refractivity contribution >= 4 is 17.9 Å². The number of aliphatic imine (C=N–C) groups is 1. The Hall–Kier alpha value is -4.20. The van der Waals surface area contributed by atoms with Crippen LogP contribution < -0.4 is 11.6 Å². The molecule has 0 aliphatic carbocycles. The molecule has 0 atom stereocenters. The van der Waals surface area contributed by atoms with E-state index >= 15 is 0 Å². The number of aromatic nitrogens is 3. The largest absolute Gasteiger partial charge is 0.382 e. The minimum Gasteiger partial charge on any atom is -0.382 e. The van der Waals surface area contributed by atoms with Crippen molar-refractivity contribution < 1.29 is 9.47 Å². The second-order valence-corrected chi connectivity index (χ2v) is 6.84. The van der Waals surface area contributed by atoms with E-state index in [1.165, 1.54) is 6.21 Å². The molecule has 33 heavy (non-hydrogen) atoms. The number of nitrogens with zero attached hydrogens (tertiary/aromatic N) is 6. The van der Waals surface area contributed by atoms with Crippen molar-refractivity contribution in [3.63, 3.8) is 0 Å². The lowest BCUT2D eigenvalue weighted by Gasteiger charge is -2.06. The fourth-order valence-corrected chi connectivity index (χ4v) is 2.90. The molecule has 168 valence electrons. The van der Waals surface area contributed by atoms with E-state index in [0.29, 0.717) is 49.0 Å². The topological polar surface area (TPSA) is 158 Å². The number of ether oxygens (including phenoxy) is 2. The van der Waals surface area contributed by atoms with Crippen molar-refractivity contribution in [2.45, 2.75) is 13.2 Å². The van der Waals surface area contributed by atoms with Gasteiger partial charge in [0.15, 0.2) is 0 Å². The Morgan fingerprint density at radius 2 is 1.91 bits per heavy atom. The number of nitriles is 1. The Morgan fingerprint density at radius 1 is 1.09 bits per heavy atom. The van der Waals surface area contributed by atoms with Crippen LogP contribution in [0.3, 0.4) is 0 Å². The predicted molar refractivity (Wildman–Crippen MR) is 125 cm³/mol. The SMILES string of the molecule is COCCOCc1cccc(CN=CC(=NN)c2cc(-c3cccc(C#N)c3)nc(N)n2)n1. The number of hydrazone groups is 1. The van der Waals surface area contributed by atoms with E-state index in [-0.39, 0.29) is 5.95 Å². The van der Waals surface area contributed by atoms with Gasteiger partial charge >= 0.3 is 0 Å². The molecule has 0 radical (unpaired) electrons. The molecular weight excluding hydrogens is 420 g/mol. The van der Waals surface area contributed by atoms with Crippen LogP contribution in [0.5, 0.6) is 0 Å². The molecule has 0 aliphatic rings. The van der Waals surface area contributed by atoms with Gasteiger partial charge in [-0.05, 0) is 30.3 Å². The summed E-state index contributed by atoms with van der Waals surface area (Å²) in [4.78, 5) is 17.4. The van der Waals surface area contributed by atoms with Crippen LogP contribution in [0.1, 0.15) is 22.6 Å². The zero-order valence-corrected chi connectivity index (χ0v) is 18.2. The first-order valence-electron chi connectivity index (χ1n) is 10.1. The van der Waals surface area contributed by atoms with E-state index < -0.39 is 0 Å². The molecule has 0 amide bonds. The van der Waals surface area contributed by atoms with Crippen LogP contribution in [-0.2, 0) is 22.6 Å². The maximum Gasteiger partial charge on any atom is 0.221 e. The van der Waals surface area contributed by atoms with Crippen molar-refractivity contribution in [3.05, 3.63) is 71.2 Å². The summed E-state index contributed by atoms with van der Waals surface area (Å²) in [5.41, 5.74) is 10.0. The molecule has 0 saturated carbocycles. The fraction of sp³-hybridized carbons (Fsp3) is 0.217. The highest BCUT2D eigenvalue weighted by Crippen LogP contribution is 2.20. The third kappa shape index (κ3) is 6.90. The maximum atomic E-state index is 9.14. The molecule has 10 nitrogen and oxygen atoms in total. The number of benzene rings is 1. The van der Waals surface area contributed by atoms with E-state index in [0.717, 1.165) is 17.0 Å². The number of rotatable bonds is 10. The first kappa shape index (κ1) is 23.5. The zero-order valence-electron chi connectivity index (χ0n) is 18.2. The average molecular weight is 444 g/mol. The van der Waals surface area contributed by atoms with E-state index in [9.17, 15) is 0 Å². The first-order chi connectivity index (χ1) is 16.1. The second kappa shape index (κ2) is 12.0. The second-order valence-electron chi connectivity index (χ2n) is 6.84. The summed E-state index contributed by atoms with van der Waals surface area (Å²) in [7, 11) is 1.63. The molecule has 0 bridgehead atoms. The molecule has 0 spiro atoms. The minimum absolute atomic E-state index is 0.0576. The number of nitrogens with two attached hydrogens (primary N) is 2. The molecule has 1 aromatic carbocycles. The van der Waals surface area contributed by atoms with Crippen molar-refractivity contribution in [2.75, 3.05) is 26.1 Å². The molecular formula is C23H24N8O2. The van der Waals surface area contributed by atoms with E-state index in [1.54, 1.807) is 31.4 Å². The Labute approximate surface area is 191 Å². The van der Waals surface area contributed by atoms with Gasteiger partial charge in [-0.25, -0.2) is 9.97 Å². The number of nitrogen functional groups attached to an aromatic ring is 1. The fourth-order valence-electron chi connectivity index (χ4n) is 2.90. The molecule has 2 aromatic heterocycles. The van der Waals surface area contributed by atoms with Gasteiger partial charge in [0.05, 0.1) is 67.0 Å². The van der Waals surface area contributed by atoms with Crippen LogP contribution in [-0.4, -0.2) is 47.2 Å². The van der Waals surface area contributed by atoms with E-state index in [4.69, 9.17) is 26.3 Å². The number of anilines is 1. The number of hydrogen-bond acceptors (Lipinski definition) is 10. The predicted octanol–water partition coefficient (Wildman–Crippen LogP) is 2.09. The molecule has 0 fully saturated rings. The van der Waals surface area contributed by atoms with Crippen LogP contribution in [0, 0.1) is 11.3 Å². The summed E-state index contributed by atoms with van der Waals surface area (Å²) in [5.74, 6) is 5.64. The summed E-state index contributed by atoms with van der Waals surface area (Å²) in [6, 6.07) is 16.5. The Bertz CT molecular complexity index is 1190. The van der Waals surface area contributed by atoms with Crippen molar-refractivity contribution in [3.8, 4) is 17.3 Å². The van der Waals surface area contributed by atoms with Crippen LogP contribution in [0.4, 0.5) is 5.95 Å². The van der Waals surface area contributed by atoms with Gasteiger partial charge in [0.2, 0.25) is 5.95 Å². The van der Waals surface area contributed by atoms with Gasteiger partial charge in [-0.2, -0.15) is 10.4 Å². The highest BCUT2D eigenvalue weighted by Gasteiger charge is 2.10. The summed E-state index contributed by atoms with van der Waals surface area (Å²) >= 11 is 0. The Balaban J connectivity index is 1.72. The van der Waals surface area contributed by atoms with E-state index in [1.807, 2.05) is 24.3 Å². The lowest BCUT2D eigenvalue weighted by molar-refractivity contribution is 0.0601. The Kier molecular flexibility index (Phi) is 8.53. The van der Waals surface area contributed by atoms with Gasteiger partial charge in [0, 0.05) is 12.7 Å². The highest BCUT2D eigenvalue weighted by atomic mass is 16.5. The standard InChI is InChI=1S/C23H24N8O2/c1-32-8-9-33-15-19-7-3-6-18(28-19)13-27-14-22(31-26)21-11-20(29-23(25)30-21)17-5-2-4-16(10-17)12-24/h2-7,10-11,14H,8-9,13,15,26H2,1H3,(H2,25,29,30). The Morgan fingerprint density at radius 3 is 2.70 bits per heavy atom. The van der Waals surface area contributed by atoms with Gasteiger partial charge in [0.25, 0.3) is 0 Å². The van der Waals surface area contributed by atoms with Crippen molar-refractivity contribution in [1.82, 2.24) is 15.0 Å². The summed E-state index contributed by atoms with van der Waals surface area (Å²) in [6.07, 6.45) is 1.51. The molecule has 3 aromatic rings. The van der Waals surface area contributed by atoms with Crippen molar-refractivity contribution in [1.29, 1.82) is 5.26 Å². The number of hydrogen-bond donors (Lipinski definition) is 2. The van der Waals surface area contributed by atoms with Gasteiger partial charge in [0.1, 0.15) is 5.71 Å². The van der Waals surface area contributed by atoms with E-state index in [2.05, 4.69) is 31.1 Å². The third-order valence-electron chi connectivity index (χ3n) is 4.45. The normalized spacial score (nSPS) is 11.6. The minimum atomic E-state index is 0.0576.